The number of hydrogen-bond donors (Lipinski definition) is 3. The van der Waals surface area contributed by atoms with Gasteiger partial charge in [0.1, 0.15) is 5.56 Å². The molecule has 1 saturated heterocycles. The first-order valence-electron chi connectivity index (χ1n) is 5.96. The number of nitrogens with two attached hydrogens (primary N) is 1. The smallest absolute Gasteiger partial charge is 0.257 e. The topological polar surface area (TPSA) is 96.3 Å². The average molecular weight is 253 g/mol. The van der Waals surface area contributed by atoms with Crippen LogP contribution in [0.15, 0.2) is 0 Å². The van der Waals surface area contributed by atoms with E-state index in [-0.39, 0.29) is 17.8 Å². The second-order valence-corrected chi connectivity index (χ2v) is 4.57. The van der Waals surface area contributed by atoms with Crippen molar-refractivity contribution >= 4 is 11.7 Å². The van der Waals surface area contributed by atoms with E-state index >= 15 is 0 Å². The summed E-state index contributed by atoms with van der Waals surface area (Å²) in [6, 6.07) is 0. The Bertz CT molecular complexity index is 412. The van der Waals surface area contributed by atoms with E-state index in [0.717, 1.165) is 13.1 Å². The monoisotopic (exact) mass is 253 g/mol. The number of nitrogen functional groups attached to an aromatic ring is 1. The molecule has 1 fully saturated rings. The molecule has 100 valence electrons. The van der Waals surface area contributed by atoms with Crippen LogP contribution in [0.1, 0.15) is 16.1 Å². The summed E-state index contributed by atoms with van der Waals surface area (Å²) < 4.78 is 5.57. The maximum Gasteiger partial charge on any atom is 0.257 e. The predicted molar refractivity (Wildman–Crippen MR) is 67.3 cm³/mol. The minimum Gasteiger partial charge on any atom is -0.382 e. The van der Waals surface area contributed by atoms with Crippen molar-refractivity contribution in [3.05, 3.63) is 11.3 Å². The minimum absolute atomic E-state index is 0.0288. The van der Waals surface area contributed by atoms with Crippen LogP contribution in [0.3, 0.4) is 0 Å². The molecule has 0 spiro atoms. The van der Waals surface area contributed by atoms with Gasteiger partial charge >= 0.3 is 0 Å². The van der Waals surface area contributed by atoms with Gasteiger partial charge in [0.15, 0.2) is 5.82 Å². The Morgan fingerprint density at radius 1 is 1.72 bits per heavy atom. The van der Waals surface area contributed by atoms with Crippen LogP contribution in [0.4, 0.5) is 5.82 Å². The molecule has 4 N–H and O–H groups in total. The molecule has 7 heteroatoms. The Kier molecular flexibility index (Phi) is 3.83. The second kappa shape index (κ2) is 5.36. The molecule has 2 rings (SSSR count). The molecule has 0 saturated carbocycles. The van der Waals surface area contributed by atoms with Gasteiger partial charge in [-0.25, -0.2) is 0 Å². The molecule has 0 bridgehead atoms. The van der Waals surface area contributed by atoms with E-state index in [4.69, 9.17) is 10.5 Å². The zero-order valence-corrected chi connectivity index (χ0v) is 10.7. The maximum atomic E-state index is 12.0. The number of aromatic amines is 1. The number of anilines is 1. The highest BCUT2D eigenvalue weighted by molar-refractivity contribution is 5.99. The molecule has 1 aliphatic rings. The zero-order chi connectivity index (χ0) is 13.1. The number of amides is 1. The first-order valence-corrected chi connectivity index (χ1v) is 5.96. The molecule has 1 unspecified atom stereocenters. The van der Waals surface area contributed by atoms with E-state index in [2.05, 4.69) is 20.4 Å². The van der Waals surface area contributed by atoms with Crippen molar-refractivity contribution in [1.82, 2.24) is 20.4 Å². The van der Waals surface area contributed by atoms with Crippen LogP contribution in [-0.4, -0.2) is 60.4 Å². The van der Waals surface area contributed by atoms with E-state index in [1.54, 1.807) is 6.92 Å². The van der Waals surface area contributed by atoms with Gasteiger partial charge in [0.05, 0.1) is 12.7 Å². The van der Waals surface area contributed by atoms with Gasteiger partial charge in [-0.2, -0.15) is 5.10 Å². The summed E-state index contributed by atoms with van der Waals surface area (Å²) in [4.78, 5) is 14.1. The molecule has 18 heavy (non-hydrogen) atoms. The number of nitrogens with zero attached hydrogens (tertiary/aromatic N) is 2. The number of hydrogen-bond acceptors (Lipinski definition) is 5. The predicted octanol–water partition coefficient (Wildman–Crippen LogP) is -0.639. The Morgan fingerprint density at radius 3 is 3.11 bits per heavy atom. The maximum absolute atomic E-state index is 12.0. The van der Waals surface area contributed by atoms with Gasteiger partial charge in [0.25, 0.3) is 5.91 Å². The SMILES string of the molecule is Cc1[nH]nc(N)c1C(=O)NCC1CN(C)CCO1. The molecule has 0 aliphatic carbocycles. The van der Waals surface area contributed by atoms with E-state index in [9.17, 15) is 4.79 Å². The standard InChI is InChI=1S/C11H19N5O2/c1-7-9(10(12)15-14-7)11(17)13-5-8-6-16(2)3-4-18-8/h8H,3-6H2,1-2H3,(H,13,17)(H3,12,14,15). The highest BCUT2D eigenvalue weighted by atomic mass is 16.5. The Morgan fingerprint density at radius 2 is 2.50 bits per heavy atom. The zero-order valence-electron chi connectivity index (χ0n) is 10.7. The highest BCUT2D eigenvalue weighted by Gasteiger charge is 2.20. The van der Waals surface area contributed by atoms with E-state index in [1.165, 1.54) is 0 Å². The third-order valence-electron chi connectivity index (χ3n) is 3.03. The molecule has 1 amide bonds. The van der Waals surface area contributed by atoms with Crippen molar-refractivity contribution < 1.29 is 9.53 Å². The number of rotatable bonds is 3. The van der Waals surface area contributed by atoms with Crippen molar-refractivity contribution in [2.45, 2.75) is 13.0 Å². The van der Waals surface area contributed by atoms with Crippen molar-refractivity contribution in [1.29, 1.82) is 0 Å². The fraction of sp³-hybridized carbons (Fsp3) is 0.636. The quantitative estimate of drug-likeness (QED) is 0.666. The first-order chi connectivity index (χ1) is 8.58. The Hall–Kier alpha value is -1.60. The number of H-pyrrole nitrogens is 1. The largest absolute Gasteiger partial charge is 0.382 e. The lowest BCUT2D eigenvalue weighted by Gasteiger charge is -2.30. The van der Waals surface area contributed by atoms with Gasteiger partial charge in [-0.1, -0.05) is 0 Å². The van der Waals surface area contributed by atoms with Crippen LogP contribution < -0.4 is 11.1 Å². The van der Waals surface area contributed by atoms with Crippen LogP contribution in [0.25, 0.3) is 0 Å². The van der Waals surface area contributed by atoms with Gasteiger partial charge in [-0.3, -0.25) is 9.89 Å². The van der Waals surface area contributed by atoms with Crippen molar-refractivity contribution in [2.75, 3.05) is 39.0 Å². The van der Waals surface area contributed by atoms with Gasteiger partial charge in [0, 0.05) is 25.3 Å². The number of nitrogens with one attached hydrogen (secondary N) is 2. The van der Waals surface area contributed by atoms with Crippen LogP contribution in [-0.2, 0) is 4.74 Å². The van der Waals surface area contributed by atoms with Crippen LogP contribution in [0, 0.1) is 6.92 Å². The van der Waals surface area contributed by atoms with Gasteiger partial charge < -0.3 is 20.7 Å². The second-order valence-electron chi connectivity index (χ2n) is 4.57. The van der Waals surface area contributed by atoms with E-state index < -0.39 is 0 Å². The van der Waals surface area contributed by atoms with Gasteiger partial charge in [-0.05, 0) is 14.0 Å². The number of morpholine rings is 1. The lowest BCUT2D eigenvalue weighted by Crippen LogP contribution is -2.46. The number of carbonyl (C=O) groups excluding carboxylic acids is 1. The summed E-state index contributed by atoms with van der Waals surface area (Å²) in [6.07, 6.45) is 0.0288. The Balaban J connectivity index is 1.88. The molecule has 1 aliphatic heterocycles. The third-order valence-corrected chi connectivity index (χ3v) is 3.03. The van der Waals surface area contributed by atoms with E-state index in [0.29, 0.717) is 24.4 Å². The highest BCUT2D eigenvalue weighted by Crippen LogP contribution is 2.11. The summed E-state index contributed by atoms with van der Waals surface area (Å²) in [5.41, 5.74) is 6.72. The summed E-state index contributed by atoms with van der Waals surface area (Å²) in [6.45, 7) is 4.69. The molecule has 1 atom stereocenters. The fourth-order valence-corrected chi connectivity index (χ4v) is 2.02. The molecule has 7 nitrogen and oxygen atoms in total. The third kappa shape index (κ3) is 2.80. The van der Waals surface area contributed by atoms with Gasteiger partial charge in [0.2, 0.25) is 0 Å². The lowest BCUT2D eigenvalue weighted by molar-refractivity contribution is -0.0175. The molecule has 0 radical (unpaired) electrons. The molecule has 1 aromatic heterocycles. The molecular weight excluding hydrogens is 234 g/mol. The molecule has 0 aromatic carbocycles. The fourth-order valence-electron chi connectivity index (χ4n) is 2.02. The number of likely N-dealkylation sites (N-methyl/N-ethyl adjacent to an activating group) is 1. The Labute approximate surface area is 106 Å². The first kappa shape index (κ1) is 12.8. The number of aromatic nitrogens is 2. The average Bonchev–Trinajstić information content (AvgIpc) is 2.66. The van der Waals surface area contributed by atoms with Gasteiger partial charge in [-0.15, -0.1) is 0 Å². The molecule has 2 heterocycles. The summed E-state index contributed by atoms with van der Waals surface area (Å²) in [5.74, 6) is 0.0160. The summed E-state index contributed by atoms with van der Waals surface area (Å²) in [5, 5.41) is 9.31. The lowest BCUT2D eigenvalue weighted by atomic mass is 10.2. The number of carbonyl (C=O) groups is 1. The minimum atomic E-state index is -0.212. The van der Waals surface area contributed by atoms with Crippen molar-refractivity contribution in [3.8, 4) is 0 Å². The normalized spacial score (nSPS) is 20.9. The molecular formula is C11H19N5O2. The van der Waals surface area contributed by atoms with Crippen LogP contribution in [0.5, 0.6) is 0 Å². The summed E-state index contributed by atoms with van der Waals surface area (Å²) in [7, 11) is 2.04. The van der Waals surface area contributed by atoms with Crippen molar-refractivity contribution in [3.63, 3.8) is 0 Å². The number of aryl methyl sites for hydroxylation is 1. The van der Waals surface area contributed by atoms with Crippen LogP contribution in [0.2, 0.25) is 0 Å². The molecule has 1 aromatic rings. The van der Waals surface area contributed by atoms with E-state index in [1.807, 2.05) is 7.05 Å². The van der Waals surface area contributed by atoms with Crippen molar-refractivity contribution in [2.24, 2.45) is 0 Å². The number of ether oxygens (including phenoxy) is 1. The summed E-state index contributed by atoms with van der Waals surface area (Å²) >= 11 is 0. The van der Waals surface area contributed by atoms with Crippen LogP contribution >= 0.6 is 0 Å².